The zero-order valence-electron chi connectivity index (χ0n) is 10.3. The van der Waals surface area contributed by atoms with Gasteiger partial charge in [0.2, 0.25) is 17.6 Å². The summed E-state index contributed by atoms with van der Waals surface area (Å²) < 4.78 is 5.14. The van der Waals surface area contributed by atoms with Crippen LogP contribution in [0.2, 0.25) is 0 Å². The first-order valence-electron chi connectivity index (χ1n) is 5.61. The minimum Gasteiger partial charge on any atom is -0.490 e. The van der Waals surface area contributed by atoms with Crippen LogP contribution < -0.4 is 26.6 Å². The summed E-state index contributed by atoms with van der Waals surface area (Å²) in [6.45, 7) is 0. The van der Waals surface area contributed by atoms with E-state index in [0.717, 1.165) is 0 Å². The van der Waals surface area contributed by atoms with Crippen LogP contribution in [-0.2, 0) is 9.59 Å². The highest BCUT2D eigenvalue weighted by Crippen LogP contribution is 2.29. The third-order valence-corrected chi connectivity index (χ3v) is 2.69. The predicted octanol–water partition coefficient (Wildman–Crippen LogP) is -1.01. The van der Waals surface area contributed by atoms with Crippen molar-refractivity contribution in [2.24, 2.45) is 5.84 Å². The van der Waals surface area contributed by atoms with Crippen molar-refractivity contribution in [2.45, 2.75) is 18.9 Å². The number of carbonyl (C=O) groups excluding carboxylic acids is 2. The molecule has 1 saturated heterocycles. The molecule has 1 aromatic heterocycles. The standard InChI is InChI=1S/C10H14N6O3/c1-19-7-8(12-4-13-9(7)16-11)14-5-2-3-6(17)15-10(5)18/h4-5H,2-3,11H2,1H3,(H,15,17,18)(H2,12,13,14,16). The molecule has 0 radical (unpaired) electrons. The van der Waals surface area contributed by atoms with Crippen LogP contribution in [0.5, 0.6) is 5.75 Å². The van der Waals surface area contributed by atoms with E-state index in [-0.39, 0.29) is 18.2 Å². The Hall–Kier alpha value is -2.42. The Kier molecular flexibility index (Phi) is 3.76. The quantitative estimate of drug-likeness (QED) is 0.309. The van der Waals surface area contributed by atoms with Crippen molar-refractivity contribution in [3.8, 4) is 5.75 Å². The fraction of sp³-hybridized carbons (Fsp3) is 0.400. The lowest BCUT2D eigenvalue weighted by Gasteiger charge is -2.23. The molecule has 1 fully saturated rings. The van der Waals surface area contributed by atoms with E-state index in [9.17, 15) is 9.59 Å². The topological polar surface area (TPSA) is 131 Å². The van der Waals surface area contributed by atoms with Gasteiger partial charge in [0.05, 0.1) is 7.11 Å². The summed E-state index contributed by atoms with van der Waals surface area (Å²) in [7, 11) is 1.44. The van der Waals surface area contributed by atoms with Crippen LogP contribution >= 0.6 is 0 Å². The summed E-state index contributed by atoms with van der Waals surface area (Å²) >= 11 is 0. The number of carbonyl (C=O) groups is 2. The van der Waals surface area contributed by atoms with Gasteiger partial charge in [-0.15, -0.1) is 0 Å². The van der Waals surface area contributed by atoms with Gasteiger partial charge in [-0.25, -0.2) is 15.8 Å². The first-order chi connectivity index (χ1) is 9.15. The molecule has 1 aliphatic heterocycles. The molecule has 0 spiro atoms. The molecule has 19 heavy (non-hydrogen) atoms. The Bertz CT molecular complexity index is 506. The van der Waals surface area contributed by atoms with Gasteiger partial charge in [-0.3, -0.25) is 14.9 Å². The number of anilines is 2. The summed E-state index contributed by atoms with van der Waals surface area (Å²) in [5, 5.41) is 5.16. The van der Waals surface area contributed by atoms with Crippen LogP contribution in [-0.4, -0.2) is 34.9 Å². The van der Waals surface area contributed by atoms with Gasteiger partial charge in [0.25, 0.3) is 0 Å². The number of methoxy groups -OCH3 is 1. The number of nitrogen functional groups attached to an aromatic ring is 1. The molecule has 0 saturated carbocycles. The number of nitrogens with one attached hydrogen (secondary N) is 3. The number of nitrogens with zero attached hydrogens (tertiary/aromatic N) is 2. The summed E-state index contributed by atoms with van der Waals surface area (Å²) in [5.74, 6) is 5.57. The van der Waals surface area contributed by atoms with Gasteiger partial charge in [-0.1, -0.05) is 0 Å². The SMILES string of the molecule is COc1c(NN)ncnc1NC1CCC(=O)NC1=O. The summed E-state index contributed by atoms with van der Waals surface area (Å²) in [4.78, 5) is 30.6. The highest BCUT2D eigenvalue weighted by molar-refractivity contribution is 6.01. The van der Waals surface area contributed by atoms with Gasteiger partial charge in [-0.2, -0.15) is 0 Å². The Morgan fingerprint density at radius 1 is 1.42 bits per heavy atom. The van der Waals surface area contributed by atoms with Crippen LogP contribution in [0.25, 0.3) is 0 Å². The van der Waals surface area contributed by atoms with E-state index >= 15 is 0 Å². The summed E-state index contributed by atoms with van der Waals surface area (Å²) in [6, 6.07) is -0.549. The normalized spacial score (nSPS) is 18.7. The average Bonchev–Trinajstić information content (AvgIpc) is 2.41. The lowest BCUT2D eigenvalue weighted by atomic mass is 10.1. The molecule has 1 atom stereocenters. The number of aromatic nitrogens is 2. The number of hydrazine groups is 1. The molecule has 102 valence electrons. The number of nitrogens with two attached hydrogens (primary N) is 1. The van der Waals surface area contributed by atoms with Crippen LogP contribution in [0.3, 0.4) is 0 Å². The lowest BCUT2D eigenvalue weighted by Crippen LogP contribution is -2.47. The molecule has 1 aromatic rings. The highest BCUT2D eigenvalue weighted by Gasteiger charge is 2.28. The van der Waals surface area contributed by atoms with Crippen LogP contribution in [0.1, 0.15) is 12.8 Å². The van der Waals surface area contributed by atoms with Gasteiger partial charge >= 0.3 is 0 Å². The number of hydrogen-bond acceptors (Lipinski definition) is 8. The van der Waals surface area contributed by atoms with Crippen molar-refractivity contribution >= 4 is 23.5 Å². The third-order valence-electron chi connectivity index (χ3n) is 2.69. The van der Waals surface area contributed by atoms with Crippen molar-refractivity contribution < 1.29 is 14.3 Å². The smallest absolute Gasteiger partial charge is 0.249 e. The summed E-state index contributed by atoms with van der Waals surface area (Å²) in [6.07, 6.45) is 1.95. The zero-order chi connectivity index (χ0) is 13.8. The Balaban J connectivity index is 2.19. The number of ether oxygens (including phenoxy) is 1. The molecule has 5 N–H and O–H groups in total. The Morgan fingerprint density at radius 2 is 2.16 bits per heavy atom. The first kappa shape index (κ1) is 13.0. The second-order valence-electron chi connectivity index (χ2n) is 3.90. The van der Waals surface area contributed by atoms with Gasteiger partial charge in [0.1, 0.15) is 12.4 Å². The van der Waals surface area contributed by atoms with E-state index in [4.69, 9.17) is 10.6 Å². The van der Waals surface area contributed by atoms with Gasteiger partial charge < -0.3 is 15.5 Å². The monoisotopic (exact) mass is 266 g/mol. The fourth-order valence-corrected chi connectivity index (χ4v) is 1.77. The van der Waals surface area contributed by atoms with E-state index in [1.54, 1.807) is 0 Å². The molecule has 0 bridgehead atoms. The average molecular weight is 266 g/mol. The molecule has 2 rings (SSSR count). The first-order valence-corrected chi connectivity index (χ1v) is 5.61. The Labute approximate surface area is 108 Å². The zero-order valence-corrected chi connectivity index (χ0v) is 10.3. The molecule has 2 amide bonds. The van der Waals surface area contributed by atoms with E-state index in [1.807, 2.05) is 0 Å². The molecule has 1 unspecified atom stereocenters. The lowest BCUT2D eigenvalue weighted by molar-refractivity contribution is -0.133. The molecular weight excluding hydrogens is 252 g/mol. The van der Waals surface area contributed by atoms with Crippen molar-refractivity contribution in [2.75, 3.05) is 17.9 Å². The predicted molar refractivity (Wildman–Crippen MR) is 66.2 cm³/mol. The maximum absolute atomic E-state index is 11.6. The Morgan fingerprint density at radius 3 is 2.79 bits per heavy atom. The number of amides is 2. The molecule has 0 aromatic carbocycles. The second kappa shape index (κ2) is 5.48. The van der Waals surface area contributed by atoms with Crippen molar-refractivity contribution in [3.63, 3.8) is 0 Å². The minimum atomic E-state index is -0.549. The molecule has 9 heteroatoms. The van der Waals surface area contributed by atoms with Gasteiger partial charge in [-0.05, 0) is 6.42 Å². The maximum atomic E-state index is 11.6. The molecule has 2 heterocycles. The number of hydrogen-bond donors (Lipinski definition) is 4. The minimum absolute atomic E-state index is 0.276. The second-order valence-corrected chi connectivity index (χ2v) is 3.90. The van der Waals surface area contributed by atoms with Crippen molar-refractivity contribution in [1.82, 2.24) is 15.3 Å². The molecule has 1 aliphatic rings. The molecule has 0 aliphatic carbocycles. The van der Waals surface area contributed by atoms with E-state index in [1.165, 1.54) is 13.4 Å². The van der Waals surface area contributed by atoms with Gasteiger partial charge in [0.15, 0.2) is 11.6 Å². The van der Waals surface area contributed by atoms with Crippen molar-refractivity contribution in [1.29, 1.82) is 0 Å². The van der Waals surface area contributed by atoms with E-state index in [0.29, 0.717) is 23.8 Å². The maximum Gasteiger partial charge on any atom is 0.249 e. The van der Waals surface area contributed by atoms with Crippen molar-refractivity contribution in [3.05, 3.63) is 6.33 Å². The highest BCUT2D eigenvalue weighted by atomic mass is 16.5. The molecular formula is C10H14N6O3. The third kappa shape index (κ3) is 2.71. The number of imide groups is 1. The largest absolute Gasteiger partial charge is 0.490 e. The fourth-order valence-electron chi connectivity index (χ4n) is 1.77. The van der Waals surface area contributed by atoms with Gasteiger partial charge in [0, 0.05) is 6.42 Å². The van der Waals surface area contributed by atoms with E-state index < -0.39 is 6.04 Å². The van der Waals surface area contributed by atoms with Crippen LogP contribution in [0.15, 0.2) is 6.33 Å². The van der Waals surface area contributed by atoms with Crippen LogP contribution in [0.4, 0.5) is 11.6 Å². The number of rotatable bonds is 4. The molecule has 9 nitrogen and oxygen atoms in total. The van der Waals surface area contributed by atoms with Crippen LogP contribution in [0, 0.1) is 0 Å². The van der Waals surface area contributed by atoms with E-state index in [2.05, 4.69) is 26.0 Å². The summed E-state index contributed by atoms with van der Waals surface area (Å²) in [5.41, 5.74) is 2.37. The number of piperidine rings is 1.